The molecule has 4 heteroatoms. The Morgan fingerprint density at radius 1 is 1.50 bits per heavy atom. The van der Waals surface area contributed by atoms with Gasteiger partial charge < -0.3 is 5.32 Å². The topological polar surface area (TPSA) is 42.0 Å². The van der Waals surface area contributed by atoms with Crippen molar-refractivity contribution in [3.63, 3.8) is 0 Å². The predicted molar refractivity (Wildman–Crippen MR) is 67.1 cm³/mol. The van der Waals surface area contributed by atoms with Crippen LogP contribution in [0.1, 0.15) is 24.2 Å². The number of carbonyl (C=O) groups excluding carboxylic acids is 1. The lowest BCUT2D eigenvalue weighted by atomic mass is 10.1. The monoisotopic (exact) mass is 234 g/mol. The van der Waals surface area contributed by atoms with Crippen molar-refractivity contribution in [3.05, 3.63) is 29.3 Å². The molecule has 0 aliphatic carbocycles. The fourth-order valence-corrected chi connectivity index (χ4v) is 2.09. The van der Waals surface area contributed by atoms with E-state index in [-0.39, 0.29) is 5.78 Å². The summed E-state index contributed by atoms with van der Waals surface area (Å²) in [5, 5.41) is 3.12. The number of thiazole rings is 1. The Kier molecular flexibility index (Phi) is 3.31. The third-order valence-corrected chi connectivity index (χ3v) is 3.13. The van der Waals surface area contributed by atoms with E-state index in [1.807, 2.05) is 32.0 Å². The van der Waals surface area contributed by atoms with Crippen molar-refractivity contribution in [1.82, 2.24) is 10.3 Å². The van der Waals surface area contributed by atoms with Gasteiger partial charge in [0, 0.05) is 11.6 Å². The van der Waals surface area contributed by atoms with Gasteiger partial charge in [0.25, 0.3) is 0 Å². The van der Waals surface area contributed by atoms with Crippen molar-refractivity contribution in [1.29, 1.82) is 0 Å². The molecule has 0 fully saturated rings. The Hall–Kier alpha value is -1.26. The summed E-state index contributed by atoms with van der Waals surface area (Å²) in [4.78, 5) is 16.0. The van der Waals surface area contributed by atoms with E-state index in [0.29, 0.717) is 12.6 Å². The van der Waals surface area contributed by atoms with Gasteiger partial charge in [-0.3, -0.25) is 4.79 Å². The standard InChI is InChI=1S/C12H14N2OS/c1-8(2)13-6-11(15)9-3-4-12-10(5-9)14-7-16-12/h3-5,7-8,13H,6H2,1-2H3. The molecular weight excluding hydrogens is 220 g/mol. The largest absolute Gasteiger partial charge is 0.307 e. The Morgan fingerprint density at radius 2 is 2.31 bits per heavy atom. The van der Waals surface area contributed by atoms with E-state index in [1.165, 1.54) is 0 Å². The maximum absolute atomic E-state index is 11.8. The molecule has 0 amide bonds. The number of rotatable bonds is 4. The van der Waals surface area contributed by atoms with Gasteiger partial charge in [-0.1, -0.05) is 13.8 Å². The lowest BCUT2D eigenvalue weighted by molar-refractivity contribution is 0.0988. The first kappa shape index (κ1) is 11.2. The van der Waals surface area contributed by atoms with Crippen molar-refractivity contribution < 1.29 is 4.79 Å². The van der Waals surface area contributed by atoms with Crippen LogP contribution in [0.5, 0.6) is 0 Å². The maximum Gasteiger partial charge on any atom is 0.176 e. The minimum absolute atomic E-state index is 0.114. The van der Waals surface area contributed by atoms with Gasteiger partial charge >= 0.3 is 0 Å². The molecular formula is C12H14N2OS. The van der Waals surface area contributed by atoms with Crippen LogP contribution in [0.25, 0.3) is 10.2 Å². The number of hydrogen-bond donors (Lipinski definition) is 1. The van der Waals surface area contributed by atoms with E-state index in [4.69, 9.17) is 0 Å². The van der Waals surface area contributed by atoms with Gasteiger partial charge in [0.05, 0.1) is 22.3 Å². The summed E-state index contributed by atoms with van der Waals surface area (Å²) in [6.07, 6.45) is 0. The third kappa shape index (κ3) is 2.46. The lowest BCUT2D eigenvalue weighted by Gasteiger charge is -2.06. The quantitative estimate of drug-likeness (QED) is 0.826. The van der Waals surface area contributed by atoms with Crippen molar-refractivity contribution in [2.45, 2.75) is 19.9 Å². The fourth-order valence-electron chi connectivity index (χ4n) is 1.43. The van der Waals surface area contributed by atoms with E-state index in [0.717, 1.165) is 15.8 Å². The molecule has 3 nitrogen and oxygen atoms in total. The van der Waals surface area contributed by atoms with Crippen molar-refractivity contribution in [3.8, 4) is 0 Å². The SMILES string of the molecule is CC(C)NCC(=O)c1ccc2scnc2c1. The molecule has 0 radical (unpaired) electrons. The normalized spacial score (nSPS) is 11.2. The van der Waals surface area contributed by atoms with Gasteiger partial charge in [-0.25, -0.2) is 4.98 Å². The summed E-state index contributed by atoms with van der Waals surface area (Å²) in [5.41, 5.74) is 3.43. The summed E-state index contributed by atoms with van der Waals surface area (Å²) in [6, 6.07) is 6.00. The highest BCUT2D eigenvalue weighted by Crippen LogP contribution is 2.18. The number of ketones is 1. The molecule has 16 heavy (non-hydrogen) atoms. The first-order valence-electron chi connectivity index (χ1n) is 5.26. The van der Waals surface area contributed by atoms with Crippen LogP contribution in [0.2, 0.25) is 0 Å². The van der Waals surface area contributed by atoms with Gasteiger partial charge in [-0.2, -0.15) is 0 Å². The second-order valence-electron chi connectivity index (χ2n) is 3.99. The van der Waals surface area contributed by atoms with Gasteiger partial charge in [0.1, 0.15) is 0 Å². The second kappa shape index (κ2) is 4.72. The minimum Gasteiger partial charge on any atom is -0.307 e. The molecule has 0 atom stereocenters. The third-order valence-electron chi connectivity index (χ3n) is 2.32. The highest BCUT2D eigenvalue weighted by molar-refractivity contribution is 7.16. The Morgan fingerprint density at radius 3 is 3.06 bits per heavy atom. The van der Waals surface area contributed by atoms with Crippen molar-refractivity contribution in [2.75, 3.05) is 6.54 Å². The Balaban J connectivity index is 2.16. The molecule has 0 aliphatic heterocycles. The number of nitrogens with zero attached hydrogens (tertiary/aromatic N) is 1. The molecule has 1 heterocycles. The van der Waals surface area contributed by atoms with Crippen LogP contribution in [0.3, 0.4) is 0 Å². The molecule has 84 valence electrons. The number of hydrogen-bond acceptors (Lipinski definition) is 4. The van der Waals surface area contributed by atoms with Crippen LogP contribution < -0.4 is 5.32 Å². The molecule has 1 aromatic heterocycles. The summed E-state index contributed by atoms with van der Waals surface area (Å²) >= 11 is 1.59. The molecule has 2 rings (SSSR count). The van der Waals surface area contributed by atoms with Gasteiger partial charge in [0.15, 0.2) is 5.78 Å². The summed E-state index contributed by atoms with van der Waals surface area (Å²) in [7, 11) is 0. The lowest BCUT2D eigenvalue weighted by Crippen LogP contribution is -2.29. The van der Waals surface area contributed by atoms with Crippen LogP contribution in [-0.4, -0.2) is 23.4 Å². The van der Waals surface area contributed by atoms with Crippen LogP contribution in [-0.2, 0) is 0 Å². The number of benzene rings is 1. The highest BCUT2D eigenvalue weighted by atomic mass is 32.1. The number of Topliss-reactive ketones (excluding diaryl/α,β-unsaturated/α-hetero) is 1. The summed E-state index contributed by atoms with van der Waals surface area (Å²) < 4.78 is 1.12. The molecule has 0 spiro atoms. The van der Waals surface area contributed by atoms with E-state index in [2.05, 4.69) is 10.3 Å². The minimum atomic E-state index is 0.114. The Bertz CT molecular complexity index is 504. The van der Waals surface area contributed by atoms with Crippen LogP contribution in [0, 0.1) is 0 Å². The van der Waals surface area contributed by atoms with Crippen LogP contribution in [0.4, 0.5) is 0 Å². The van der Waals surface area contributed by atoms with E-state index in [1.54, 1.807) is 16.8 Å². The van der Waals surface area contributed by atoms with Gasteiger partial charge in [-0.15, -0.1) is 11.3 Å². The van der Waals surface area contributed by atoms with Gasteiger partial charge in [-0.05, 0) is 18.2 Å². The van der Waals surface area contributed by atoms with E-state index >= 15 is 0 Å². The predicted octanol–water partition coefficient (Wildman–Crippen LogP) is 2.48. The van der Waals surface area contributed by atoms with Crippen molar-refractivity contribution in [2.24, 2.45) is 0 Å². The van der Waals surface area contributed by atoms with E-state index in [9.17, 15) is 4.79 Å². The zero-order valence-electron chi connectivity index (χ0n) is 9.36. The molecule has 0 aliphatic rings. The number of nitrogens with one attached hydrogen (secondary N) is 1. The smallest absolute Gasteiger partial charge is 0.176 e. The van der Waals surface area contributed by atoms with Crippen molar-refractivity contribution >= 4 is 27.3 Å². The van der Waals surface area contributed by atoms with Crippen LogP contribution >= 0.6 is 11.3 Å². The fraction of sp³-hybridized carbons (Fsp3) is 0.333. The number of carbonyl (C=O) groups is 1. The molecule has 0 saturated heterocycles. The highest BCUT2D eigenvalue weighted by Gasteiger charge is 2.07. The summed E-state index contributed by atoms with van der Waals surface area (Å²) in [5.74, 6) is 0.114. The maximum atomic E-state index is 11.8. The number of fused-ring (bicyclic) bond motifs is 1. The first-order chi connectivity index (χ1) is 7.66. The molecule has 0 saturated carbocycles. The zero-order valence-corrected chi connectivity index (χ0v) is 10.2. The first-order valence-corrected chi connectivity index (χ1v) is 6.14. The van der Waals surface area contributed by atoms with E-state index < -0.39 is 0 Å². The molecule has 1 N–H and O–H groups in total. The molecule has 0 unspecified atom stereocenters. The summed E-state index contributed by atoms with van der Waals surface area (Å²) in [6.45, 7) is 4.43. The van der Waals surface area contributed by atoms with Gasteiger partial charge in [0.2, 0.25) is 0 Å². The Labute approximate surface area is 98.5 Å². The van der Waals surface area contributed by atoms with Crippen LogP contribution in [0.15, 0.2) is 23.7 Å². The second-order valence-corrected chi connectivity index (χ2v) is 4.88. The average Bonchev–Trinajstić information content (AvgIpc) is 2.72. The molecule has 1 aromatic carbocycles. The average molecular weight is 234 g/mol. The molecule has 2 aromatic rings. The zero-order chi connectivity index (χ0) is 11.5. The molecule has 0 bridgehead atoms. The number of aromatic nitrogens is 1.